The van der Waals surface area contributed by atoms with Gasteiger partial charge in [-0.3, -0.25) is 0 Å². The Kier molecular flexibility index (Phi) is 4.30. The zero-order chi connectivity index (χ0) is 12.3. The third-order valence-corrected chi connectivity index (χ3v) is 3.64. The molecule has 1 aromatic carbocycles. The van der Waals surface area contributed by atoms with Gasteiger partial charge in [-0.1, -0.05) is 19.1 Å². The van der Waals surface area contributed by atoms with Crippen LogP contribution in [0.1, 0.15) is 37.9 Å². The fraction of sp³-hybridized carbons (Fsp3) is 0.571. The van der Waals surface area contributed by atoms with Crippen LogP contribution in [0.15, 0.2) is 24.3 Å². The Bertz CT molecular complexity index is 350. The van der Waals surface area contributed by atoms with Gasteiger partial charge in [0.1, 0.15) is 5.75 Å². The van der Waals surface area contributed by atoms with E-state index in [0.717, 1.165) is 25.0 Å². The van der Waals surface area contributed by atoms with Gasteiger partial charge in [-0.05, 0) is 37.0 Å². The molecule has 1 saturated heterocycles. The van der Waals surface area contributed by atoms with Gasteiger partial charge in [0.05, 0.1) is 19.3 Å². The van der Waals surface area contributed by atoms with Crippen LogP contribution in [0.25, 0.3) is 0 Å². The molecule has 2 rings (SSSR count). The summed E-state index contributed by atoms with van der Waals surface area (Å²) < 4.78 is 11.2. The summed E-state index contributed by atoms with van der Waals surface area (Å²) >= 11 is 6.29. The van der Waals surface area contributed by atoms with Gasteiger partial charge < -0.3 is 9.47 Å². The number of benzene rings is 1. The minimum atomic E-state index is 0.127. The van der Waals surface area contributed by atoms with Gasteiger partial charge in [-0.2, -0.15) is 0 Å². The van der Waals surface area contributed by atoms with Crippen LogP contribution in [0.5, 0.6) is 5.75 Å². The van der Waals surface area contributed by atoms with Gasteiger partial charge in [0, 0.05) is 5.38 Å². The van der Waals surface area contributed by atoms with Crippen molar-refractivity contribution in [1.29, 1.82) is 0 Å². The molecule has 94 valence electrons. The van der Waals surface area contributed by atoms with Crippen molar-refractivity contribution in [3.05, 3.63) is 29.8 Å². The lowest BCUT2D eigenvalue weighted by atomic mass is 9.97. The second-order valence-electron chi connectivity index (χ2n) is 4.50. The molecule has 1 aromatic rings. The lowest BCUT2D eigenvalue weighted by Crippen LogP contribution is -2.28. The average Bonchev–Trinajstić information content (AvgIpc) is 2.38. The van der Waals surface area contributed by atoms with Crippen molar-refractivity contribution in [2.24, 2.45) is 0 Å². The summed E-state index contributed by atoms with van der Waals surface area (Å²) in [5, 5.41) is 0.223. The second kappa shape index (κ2) is 5.74. The standard InChI is InChI=1S/C14H19ClO2/c1-3-12-8-11(15)9-14(17-12)10-4-6-13(16-2)7-5-10/h4-7,11-12,14H,3,8-9H2,1-2H3/t11-,12+,14+/m0/s1. The van der Waals surface area contributed by atoms with Gasteiger partial charge in [0.2, 0.25) is 0 Å². The van der Waals surface area contributed by atoms with Gasteiger partial charge >= 0.3 is 0 Å². The fourth-order valence-electron chi connectivity index (χ4n) is 2.25. The lowest BCUT2D eigenvalue weighted by Gasteiger charge is -2.32. The molecule has 0 radical (unpaired) electrons. The molecule has 0 spiro atoms. The van der Waals surface area contributed by atoms with Crippen LogP contribution in [0.2, 0.25) is 0 Å². The van der Waals surface area contributed by atoms with Crippen LogP contribution in [-0.2, 0) is 4.74 Å². The van der Waals surface area contributed by atoms with Crippen LogP contribution in [0.4, 0.5) is 0 Å². The summed E-state index contributed by atoms with van der Waals surface area (Å²) in [5.41, 5.74) is 1.19. The molecule has 0 aliphatic carbocycles. The lowest BCUT2D eigenvalue weighted by molar-refractivity contribution is -0.0508. The molecule has 1 heterocycles. The maximum Gasteiger partial charge on any atom is 0.118 e. The first-order chi connectivity index (χ1) is 8.22. The van der Waals surface area contributed by atoms with Crippen molar-refractivity contribution in [3.63, 3.8) is 0 Å². The molecule has 0 amide bonds. The Morgan fingerprint density at radius 1 is 1.29 bits per heavy atom. The number of halogens is 1. The molecule has 1 aliphatic heterocycles. The van der Waals surface area contributed by atoms with E-state index < -0.39 is 0 Å². The van der Waals surface area contributed by atoms with Crippen LogP contribution in [-0.4, -0.2) is 18.6 Å². The van der Waals surface area contributed by atoms with Crippen molar-refractivity contribution in [1.82, 2.24) is 0 Å². The molecule has 17 heavy (non-hydrogen) atoms. The van der Waals surface area contributed by atoms with Gasteiger partial charge in [0.25, 0.3) is 0 Å². The number of hydrogen-bond donors (Lipinski definition) is 0. The van der Waals surface area contributed by atoms with Crippen LogP contribution in [0, 0.1) is 0 Å². The van der Waals surface area contributed by atoms with E-state index in [1.165, 1.54) is 5.56 Å². The van der Waals surface area contributed by atoms with Crippen molar-refractivity contribution in [2.45, 2.75) is 43.8 Å². The number of methoxy groups -OCH3 is 1. The van der Waals surface area contributed by atoms with E-state index in [4.69, 9.17) is 21.1 Å². The Morgan fingerprint density at radius 3 is 2.59 bits per heavy atom. The molecular formula is C14H19ClO2. The number of ether oxygens (including phenoxy) is 2. The normalized spacial score (nSPS) is 29.0. The molecule has 2 nitrogen and oxygen atoms in total. The molecular weight excluding hydrogens is 236 g/mol. The molecule has 0 N–H and O–H groups in total. The van der Waals surface area contributed by atoms with E-state index in [2.05, 4.69) is 19.1 Å². The van der Waals surface area contributed by atoms with Crippen LogP contribution in [0.3, 0.4) is 0 Å². The highest BCUT2D eigenvalue weighted by molar-refractivity contribution is 6.20. The van der Waals surface area contributed by atoms with Crippen molar-refractivity contribution in [3.8, 4) is 5.75 Å². The average molecular weight is 255 g/mol. The summed E-state index contributed by atoms with van der Waals surface area (Å²) in [5.74, 6) is 0.874. The molecule has 0 unspecified atom stereocenters. The van der Waals surface area contributed by atoms with Crippen molar-refractivity contribution in [2.75, 3.05) is 7.11 Å². The molecule has 0 bridgehead atoms. The number of hydrogen-bond acceptors (Lipinski definition) is 2. The largest absolute Gasteiger partial charge is 0.497 e. The smallest absolute Gasteiger partial charge is 0.118 e. The second-order valence-corrected chi connectivity index (χ2v) is 5.11. The minimum absolute atomic E-state index is 0.127. The first-order valence-electron chi connectivity index (χ1n) is 6.16. The minimum Gasteiger partial charge on any atom is -0.497 e. The number of alkyl halides is 1. The fourth-order valence-corrected chi connectivity index (χ4v) is 2.61. The Morgan fingerprint density at radius 2 is 2.00 bits per heavy atom. The summed E-state index contributed by atoms with van der Waals surface area (Å²) in [7, 11) is 1.67. The predicted octanol–water partition coefficient (Wildman–Crippen LogP) is 3.93. The Labute approximate surface area is 108 Å². The third-order valence-electron chi connectivity index (χ3n) is 3.29. The maximum atomic E-state index is 6.29. The summed E-state index contributed by atoms with van der Waals surface area (Å²) in [6, 6.07) is 8.06. The maximum absolute atomic E-state index is 6.29. The van der Waals surface area contributed by atoms with Crippen LogP contribution >= 0.6 is 11.6 Å². The summed E-state index contributed by atoms with van der Waals surface area (Å²) in [6.45, 7) is 2.14. The molecule has 1 fully saturated rings. The Balaban J connectivity index is 2.09. The summed E-state index contributed by atoms with van der Waals surface area (Å²) in [6.07, 6.45) is 3.30. The van der Waals surface area contributed by atoms with E-state index in [-0.39, 0.29) is 11.5 Å². The van der Waals surface area contributed by atoms with E-state index >= 15 is 0 Å². The SMILES string of the molecule is CC[C@@H]1C[C@H](Cl)C[C@H](c2ccc(OC)cc2)O1. The van der Waals surface area contributed by atoms with Gasteiger partial charge in [-0.15, -0.1) is 11.6 Å². The third kappa shape index (κ3) is 3.14. The predicted molar refractivity (Wildman–Crippen MR) is 69.8 cm³/mol. The van der Waals surface area contributed by atoms with Crippen LogP contribution < -0.4 is 4.74 Å². The van der Waals surface area contributed by atoms with E-state index in [1.807, 2.05) is 12.1 Å². The van der Waals surface area contributed by atoms with Crippen molar-refractivity contribution >= 4 is 11.6 Å². The summed E-state index contributed by atoms with van der Waals surface area (Å²) in [4.78, 5) is 0. The topological polar surface area (TPSA) is 18.5 Å². The monoisotopic (exact) mass is 254 g/mol. The molecule has 0 aromatic heterocycles. The molecule has 0 saturated carbocycles. The van der Waals surface area contributed by atoms with E-state index in [0.29, 0.717) is 6.10 Å². The molecule has 3 heteroatoms. The van der Waals surface area contributed by atoms with E-state index in [9.17, 15) is 0 Å². The highest BCUT2D eigenvalue weighted by Crippen LogP contribution is 2.35. The number of rotatable bonds is 3. The van der Waals surface area contributed by atoms with Gasteiger partial charge in [0.15, 0.2) is 0 Å². The molecule has 1 aliphatic rings. The first-order valence-corrected chi connectivity index (χ1v) is 6.60. The highest BCUT2D eigenvalue weighted by Gasteiger charge is 2.28. The first kappa shape index (κ1) is 12.7. The van der Waals surface area contributed by atoms with Gasteiger partial charge in [-0.25, -0.2) is 0 Å². The zero-order valence-corrected chi connectivity index (χ0v) is 11.1. The van der Waals surface area contributed by atoms with Crippen molar-refractivity contribution < 1.29 is 9.47 Å². The zero-order valence-electron chi connectivity index (χ0n) is 10.4. The quantitative estimate of drug-likeness (QED) is 0.761. The highest BCUT2D eigenvalue weighted by atomic mass is 35.5. The van der Waals surface area contributed by atoms with E-state index in [1.54, 1.807) is 7.11 Å². The molecule has 3 atom stereocenters. The Hall–Kier alpha value is -0.730.